The molecule has 0 aromatic carbocycles. The van der Waals surface area contributed by atoms with Crippen molar-refractivity contribution in [2.75, 3.05) is 55.7 Å². The molecule has 1 amide bonds. The number of ether oxygens (including phenoxy) is 1. The van der Waals surface area contributed by atoms with Gasteiger partial charge in [-0.2, -0.15) is 18.2 Å². The Morgan fingerprint density at radius 1 is 1.09 bits per heavy atom. The van der Waals surface area contributed by atoms with Gasteiger partial charge in [0.25, 0.3) is 6.01 Å². The Labute approximate surface area is 188 Å². The van der Waals surface area contributed by atoms with Crippen molar-refractivity contribution in [1.29, 1.82) is 0 Å². The molecular formula is C21H24F3N5O4. The van der Waals surface area contributed by atoms with E-state index in [1.54, 1.807) is 28.9 Å². The number of piperazine rings is 1. The Hall–Kier alpha value is -3.31. The number of rotatable bonds is 6. The number of hydrogen-bond donors (Lipinski definition) is 0. The maximum absolute atomic E-state index is 13.4. The van der Waals surface area contributed by atoms with E-state index in [4.69, 9.17) is 9.15 Å². The second kappa shape index (κ2) is 9.28. The summed E-state index contributed by atoms with van der Waals surface area (Å²) in [6.45, 7) is 5.28. The molecule has 2 aliphatic rings. The smallest absolute Gasteiger partial charge is 0.437 e. The molecule has 0 saturated carbocycles. The lowest BCUT2D eigenvalue weighted by atomic mass is 10.1. The van der Waals surface area contributed by atoms with Gasteiger partial charge in [-0.15, -0.1) is 0 Å². The van der Waals surface area contributed by atoms with Crippen molar-refractivity contribution >= 4 is 23.7 Å². The van der Waals surface area contributed by atoms with E-state index < -0.39 is 23.4 Å². The lowest BCUT2D eigenvalue weighted by Crippen LogP contribution is -2.49. The Morgan fingerprint density at radius 3 is 2.36 bits per heavy atom. The number of halogens is 3. The minimum absolute atomic E-state index is 0.174. The van der Waals surface area contributed by atoms with Crippen LogP contribution in [0.2, 0.25) is 0 Å². The van der Waals surface area contributed by atoms with E-state index in [1.807, 2.05) is 4.90 Å². The van der Waals surface area contributed by atoms with Gasteiger partial charge in [0, 0.05) is 51.9 Å². The highest BCUT2D eigenvalue weighted by Gasteiger charge is 2.42. The summed E-state index contributed by atoms with van der Waals surface area (Å²) >= 11 is 0. The summed E-state index contributed by atoms with van der Waals surface area (Å²) < 4.78 is 50.4. The van der Waals surface area contributed by atoms with Crippen LogP contribution in [-0.4, -0.2) is 72.6 Å². The van der Waals surface area contributed by atoms with Gasteiger partial charge in [0.2, 0.25) is 11.5 Å². The van der Waals surface area contributed by atoms with Gasteiger partial charge in [0.15, 0.2) is 5.69 Å². The fourth-order valence-electron chi connectivity index (χ4n) is 3.64. The zero-order valence-corrected chi connectivity index (χ0v) is 18.1. The van der Waals surface area contributed by atoms with Gasteiger partial charge in [-0.25, -0.2) is 9.78 Å². The molecule has 9 nitrogen and oxygen atoms in total. The van der Waals surface area contributed by atoms with Crippen molar-refractivity contribution in [3.8, 4) is 0 Å². The van der Waals surface area contributed by atoms with E-state index in [2.05, 4.69) is 9.97 Å². The molecule has 2 aliphatic heterocycles. The van der Waals surface area contributed by atoms with Crippen molar-refractivity contribution in [3.05, 3.63) is 35.3 Å². The molecular weight excluding hydrogens is 443 g/mol. The summed E-state index contributed by atoms with van der Waals surface area (Å²) in [5.41, 5.74) is -0.831. The van der Waals surface area contributed by atoms with Gasteiger partial charge in [0.05, 0.1) is 6.61 Å². The van der Waals surface area contributed by atoms with Crippen molar-refractivity contribution in [3.63, 3.8) is 0 Å². The fraction of sp³-hybridized carbons (Fsp3) is 0.524. The molecule has 0 N–H and O–H groups in total. The van der Waals surface area contributed by atoms with Crippen LogP contribution in [0.25, 0.3) is 0 Å². The van der Waals surface area contributed by atoms with E-state index >= 15 is 0 Å². The molecule has 0 atom stereocenters. The van der Waals surface area contributed by atoms with Gasteiger partial charge in [-0.05, 0) is 25.0 Å². The van der Waals surface area contributed by atoms with Gasteiger partial charge in [-0.3, -0.25) is 4.79 Å². The lowest BCUT2D eigenvalue weighted by molar-refractivity contribution is -0.141. The summed E-state index contributed by atoms with van der Waals surface area (Å²) in [4.78, 5) is 37.5. The number of amides is 1. The number of carbonyl (C=O) groups excluding carboxylic acids is 2. The molecule has 0 unspecified atom stereocenters. The topological polar surface area (TPSA) is 92.0 Å². The third-order valence-electron chi connectivity index (χ3n) is 5.57. The van der Waals surface area contributed by atoms with Gasteiger partial charge in [0.1, 0.15) is 5.82 Å². The molecule has 0 spiro atoms. The lowest BCUT2D eigenvalue weighted by Gasteiger charge is -2.34. The normalized spacial score (nSPS) is 16.5. The van der Waals surface area contributed by atoms with E-state index in [1.165, 1.54) is 6.20 Å². The Morgan fingerprint density at radius 2 is 1.82 bits per heavy atom. The Kier molecular flexibility index (Phi) is 6.43. The number of aromatic nitrogens is 2. The fourth-order valence-corrected chi connectivity index (χ4v) is 3.64. The van der Waals surface area contributed by atoms with Crippen molar-refractivity contribution in [2.45, 2.75) is 25.9 Å². The van der Waals surface area contributed by atoms with E-state index in [0.29, 0.717) is 57.3 Å². The predicted molar refractivity (Wildman–Crippen MR) is 111 cm³/mol. The standard InChI is InChI=1S/C21H24F3N5O4/c1-2-32-20(31)29-10-8-27(9-11-29)16-5-4-14(13-25-16)12-15(30)17-18(21(22,23)24)26-19(33-17)28-6-3-7-28/h4-5,13H,2-3,6-12H2,1H3. The zero-order valence-electron chi connectivity index (χ0n) is 18.1. The van der Waals surface area contributed by atoms with Crippen LogP contribution in [0, 0.1) is 0 Å². The van der Waals surface area contributed by atoms with E-state index in [0.717, 1.165) is 6.42 Å². The molecule has 2 aromatic heterocycles. The van der Waals surface area contributed by atoms with Crippen LogP contribution >= 0.6 is 0 Å². The maximum atomic E-state index is 13.4. The molecule has 12 heteroatoms. The third-order valence-corrected chi connectivity index (χ3v) is 5.57. The average Bonchev–Trinajstić information content (AvgIpc) is 3.19. The summed E-state index contributed by atoms with van der Waals surface area (Å²) in [6, 6.07) is 3.18. The first-order chi connectivity index (χ1) is 15.8. The molecule has 0 aliphatic carbocycles. The van der Waals surface area contributed by atoms with Gasteiger partial charge >= 0.3 is 12.3 Å². The van der Waals surface area contributed by atoms with Crippen molar-refractivity contribution in [1.82, 2.24) is 14.9 Å². The number of nitrogens with zero attached hydrogens (tertiary/aromatic N) is 5. The van der Waals surface area contributed by atoms with Crippen LogP contribution < -0.4 is 9.80 Å². The molecule has 2 fully saturated rings. The number of Topliss-reactive ketones (excluding diaryl/α,β-unsaturated/α-hetero) is 1. The Balaban J connectivity index is 1.40. The van der Waals surface area contributed by atoms with Crippen molar-refractivity contribution in [2.24, 2.45) is 0 Å². The molecule has 0 bridgehead atoms. The van der Waals surface area contributed by atoms with Gasteiger partial charge in [-0.1, -0.05) is 6.07 Å². The van der Waals surface area contributed by atoms with Crippen LogP contribution in [0.3, 0.4) is 0 Å². The second-order valence-corrected chi connectivity index (χ2v) is 7.81. The van der Waals surface area contributed by atoms with Crippen LogP contribution in [0.15, 0.2) is 22.7 Å². The molecule has 4 heterocycles. The molecule has 33 heavy (non-hydrogen) atoms. The van der Waals surface area contributed by atoms with Crippen LogP contribution in [0.5, 0.6) is 0 Å². The molecule has 2 saturated heterocycles. The van der Waals surface area contributed by atoms with Crippen LogP contribution in [0.4, 0.5) is 29.8 Å². The number of carbonyl (C=O) groups is 2. The molecule has 0 radical (unpaired) electrons. The zero-order chi connectivity index (χ0) is 23.6. The first-order valence-corrected chi connectivity index (χ1v) is 10.7. The highest BCUT2D eigenvalue weighted by atomic mass is 19.4. The number of anilines is 2. The third kappa shape index (κ3) is 5.04. The average molecular weight is 467 g/mol. The molecule has 2 aromatic rings. The second-order valence-electron chi connectivity index (χ2n) is 7.81. The number of alkyl halides is 3. The summed E-state index contributed by atoms with van der Waals surface area (Å²) in [5.74, 6) is -0.923. The van der Waals surface area contributed by atoms with E-state index in [9.17, 15) is 22.8 Å². The highest BCUT2D eigenvalue weighted by Crippen LogP contribution is 2.35. The first-order valence-electron chi connectivity index (χ1n) is 10.7. The SMILES string of the molecule is CCOC(=O)N1CCN(c2ccc(CC(=O)c3oc(N4CCC4)nc3C(F)(F)F)cn2)CC1. The minimum Gasteiger partial charge on any atom is -0.450 e. The number of hydrogen-bond acceptors (Lipinski definition) is 8. The van der Waals surface area contributed by atoms with Crippen molar-refractivity contribution < 1.29 is 31.9 Å². The minimum atomic E-state index is -4.79. The number of oxazole rings is 1. The van der Waals surface area contributed by atoms with E-state index in [-0.39, 0.29) is 18.5 Å². The molecule has 178 valence electrons. The summed E-state index contributed by atoms with van der Waals surface area (Å²) in [5, 5.41) is 0. The largest absolute Gasteiger partial charge is 0.450 e. The predicted octanol–water partition coefficient (Wildman–Crippen LogP) is 3.00. The number of pyridine rings is 1. The Bertz CT molecular complexity index is 996. The summed E-state index contributed by atoms with van der Waals surface area (Å²) in [6.07, 6.45) is -3.12. The number of ketones is 1. The highest BCUT2D eigenvalue weighted by molar-refractivity contribution is 5.96. The maximum Gasteiger partial charge on any atom is 0.437 e. The van der Waals surface area contributed by atoms with Crippen LogP contribution in [0.1, 0.15) is 35.2 Å². The molecule has 4 rings (SSSR count). The summed E-state index contributed by atoms with van der Waals surface area (Å²) in [7, 11) is 0. The quantitative estimate of drug-likeness (QED) is 0.599. The first kappa shape index (κ1) is 22.9. The van der Waals surface area contributed by atoms with Gasteiger partial charge < -0.3 is 23.9 Å². The van der Waals surface area contributed by atoms with Crippen LogP contribution in [-0.2, 0) is 17.3 Å². The monoisotopic (exact) mass is 467 g/mol.